The summed E-state index contributed by atoms with van der Waals surface area (Å²) in [6.07, 6.45) is 8.25. The summed E-state index contributed by atoms with van der Waals surface area (Å²) in [5.74, 6) is 0. The number of non-ortho nitro benzene ring substituents is 1. The normalized spacial score (nSPS) is 37.4. The number of nitrogens with zero attached hydrogens (tertiary/aromatic N) is 3. The summed E-state index contributed by atoms with van der Waals surface area (Å²) in [6, 6.07) is 3.53. The maximum Gasteiger partial charge on any atom is 0.301 e. The first-order chi connectivity index (χ1) is 12.9. The third-order valence-electron chi connectivity index (χ3n) is 7.26. The number of hydrogen-bond donors (Lipinski definition) is 1. The molecule has 0 radical (unpaired) electrons. The topological polar surface area (TPSA) is 120 Å². The third kappa shape index (κ3) is 2.17. The Morgan fingerprint density at radius 1 is 1.15 bits per heavy atom. The van der Waals surface area contributed by atoms with Gasteiger partial charge in [0.1, 0.15) is 5.69 Å². The van der Waals surface area contributed by atoms with Crippen molar-refractivity contribution in [1.82, 2.24) is 0 Å². The molecule has 4 atom stereocenters. The zero-order valence-electron chi connectivity index (χ0n) is 14.7. The molecule has 2 bridgehead atoms. The highest BCUT2D eigenvalue weighted by Gasteiger charge is 2.73. The van der Waals surface area contributed by atoms with Gasteiger partial charge in [0.25, 0.3) is 5.69 Å². The smallest absolute Gasteiger partial charge is 0.301 e. The van der Waals surface area contributed by atoms with E-state index in [-0.39, 0.29) is 28.6 Å². The molecule has 4 fully saturated rings. The molecule has 1 aromatic carbocycles. The molecule has 9 heteroatoms. The summed E-state index contributed by atoms with van der Waals surface area (Å²) in [6.45, 7) is 0. The summed E-state index contributed by atoms with van der Waals surface area (Å²) in [5.41, 5.74) is 3.80. The molecule has 3 aliphatic carbocycles. The molecule has 1 aromatic rings. The minimum atomic E-state index is -0.648. The molecular weight excluding hydrogens is 352 g/mol. The van der Waals surface area contributed by atoms with Crippen LogP contribution < -0.4 is 5.43 Å². The van der Waals surface area contributed by atoms with E-state index in [1.165, 1.54) is 37.8 Å². The van der Waals surface area contributed by atoms with E-state index < -0.39 is 9.85 Å². The molecular formula is C18H20N4O5. The Morgan fingerprint density at radius 2 is 1.96 bits per heavy atom. The van der Waals surface area contributed by atoms with Crippen LogP contribution in [-0.4, -0.2) is 27.8 Å². The van der Waals surface area contributed by atoms with Crippen LogP contribution in [0.25, 0.3) is 0 Å². The van der Waals surface area contributed by atoms with Crippen LogP contribution in [0.1, 0.15) is 44.9 Å². The van der Waals surface area contributed by atoms with Crippen molar-refractivity contribution in [1.29, 1.82) is 0 Å². The van der Waals surface area contributed by atoms with Crippen molar-refractivity contribution < 1.29 is 14.6 Å². The summed E-state index contributed by atoms with van der Waals surface area (Å²) in [7, 11) is 0. The Morgan fingerprint density at radius 3 is 2.74 bits per heavy atom. The van der Waals surface area contributed by atoms with E-state index >= 15 is 0 Å². The largest absolute Gasteiger partial charge is 0.368 e. The predicted octanol–water partition coefficient (Wildman–Crippen LogP) is 3.78. The maximum absolute atomic E-state index is 11.3. The second-order valence-corrected chi connectivity index (χ2v) is 8.27. The monoisotopic (exact) mass is 372 g/mol. The van der Waals surface area contributed by atoms with Crippen molar-refractivity contribution in [3.05, 3.63) is 38.4 Å². The van der Waals surface area contributed by atoms with E-state index in [1.54, 1.807) is 0 Å². The second-order valence-electron chi connectivity index (χ2n) is 8.27. The Bertz CT molecular complexity index is 887. The molecule has 3 saturated carbocycles. The molecule has 142 valence electrons. The first-order valence-electron chi connectivity index (χ1n) is 9.35. The third-order valence-corrected chi connectivity index (χ3v) is 7.26. The molecule has 5 rings (SSSR count). The highest BCUT2D eigenvalue weighted by molar-refractivity contribution is 5.92. The first kappa shape index (κ1) is 16.6. The van der Waals surface area contributed by atoms with Gasteiger partial charge in [-0.15, -0.1) is 0 Å². The van der Waals surface area contributed by atoms with Gasteiger partial charge >= 0.3 is 5.69 Å². The van der Waals surface area contributed by atoms with Crippen LogP contribution in [-0.2, 0) is 4.74 Å². The quantitative estimate of drug-likeness (QED) is 0.634. The molecule has 1 aliphatic heterocycles. The fourth-order valence-corrected chi connectivity index (χ4v) is 5.97. The fourth-order valence-electron chi connectivity index (χ4n) is 5.97. The van der Waals surface area contributed by atoms with Gasteiger partial charge in [0.2, 0.25) is 0 Å². The zero-order valence-corrected chi connectivity index (χ0v) is 14.7. The van der Waals surface area contributed by atoms with Crippen molar-refractivity contribution >= 4 is 22.8 Å². The number of fused-ring (bicyclic) bond motifs is 1. The zero-order chi connectivity index (χ0) is 18.8. The lowest BCUT2D eigenvalue weighted by Gasteiger charge is -2.64. The lowest BCUT2D eigenvalue weighted by Crippen LogP contribution is -2.62. The minimum absolute atomic E-state index is 0.0201. The van der Waals surface area contributed by atoms with Gasteiger partial charge in [-0.2, -0.15) is 5.10 Å². The van der Waals surface area contributed by atoms with Crippen LogP contribution >= 0.6 is 0 Å². The highest BCUT2D eigenvalue weighted by Crippen LogP contribution is 2.74. The summed E-state index contributed by atoms with van der Waals surface area (Å²) < 4.78 is 6.24. The number of nitro groups is 2. The van der Waals surface area contributed by atoms with Crippen molar-refractivity contribution in [2.75, 3.05) is 5.43 Å². The van der Waals surface area contributed by atoms with Gasteiger partial charge in [-0.3, -0.25) is 25.7 Å². The van der Waals surface area contributed by atoms with Crippen LogP contribution in [0, 0.1) is 31.1 Å². The molecule has 1 N–H and O–H groups in total. The molecule has 0 amide bonds. The number of anilines is 1. The molecule has 1 spiro atoms. The van der Waals surface area contributed by atoms with Crippen molar-refractivity contribution in [3.63, 3.8) is 0 Å². The molecule has 1 heterocycles. The predicted molar refractivity (Wildman–Crippen MR) is 96.7 cm³/mol. The van der Waals surface area contributed by atoms with Gasteiger partial charge in [-0.25, -0.2) is 0 Å². The molecule has 4 aliphatic rings. The second kappa shape index (κ2) is 5.48. The summed E-state index contributed by atoms with van der Waals surface area (Å²) in [4.78, 5) is 20.9. The van der Waals surface area contributed by atoms with Gasteiger partial charge in [-0.1, -0.05) is 12.8 Å². The van der Waals surface area contributed by atoms with E-state index in [4.69, 9.17) is 4.74 Å². The van der Waals surface area contributed by atoms with Crippen LogP contribution in [0.3, 0.4) is 0 Å². The maximum atomic E-state index is 11.3. The number of hydrogen-bond acceptors (Lipinski definition) is 7. The Hall–Kier alpha value is -2.55. The number of hydrazone groups is 1. The van der Waals surface area contributed by atoms with Crippen molar-refractivity contribution in [2.24, 2.45) is 15.9 Å². The van der Waals surface area contributed by atoms with Crippen molar-refractivity contribution in [3.8, 4) is 0 Å². The van der Waals surface area contributed by atoms with E-state index in [0.717, 1.165) is 31.0 Å². The molecule has 27 heavy (non-hydrogen) atoms. The number of ether oxygens (including phenoxy) is 1. The van der Waals surface area contributed by atoms with Crippen LogP contribution in [0.5, 0.6) is 0 Å². The van der Waals surface area contributed by atoms with Gasteiger partial charge in [0, 0.05) is 11.5 Å². The van der Waals surface area contributed by atoms with Crippen LogP contribution in [0.15, 0.2) is 23.3 Å². The first-order valence-corrected chi connectivity index (χ1v) is 9.35. The van der Waals surface area contributed by atoms with Crippen molar-refractivity contribution in [2.45, 2.75) is 57.2 Å². The minimum Gasteiger partial charge on any atom is -0.368 e. The number of rotatable bonds is 4. The number of nitro benzene ring substituents is 2. The Kier molecular flexibility index (Phi) is 3.37. The lowest BCUT2D eigenvalue weighted by atomic mass is 9.39. The molecule has 0 unspecified atom stereocenters. The average molecular weight is 372 g/mol. The summed E-state index contributed by atoms with van der Waals surface area (Å²) in [5, 5.41) is 26.6. The van der Waals surface area contributed by atoms with Gasteiger partial charge < -0.3 is 4.74 Å². The Labute approximate surface area is 155 Å². The van der Waals surface area contributed by atoms with Crippen LogP contribution in [0.4, 0.5) is 17.1 Å². The fraction of sp³-hybridized carbons (Fsp3) is 0.611. The summed E-state index contributed by atoms with van der Waals surface area (Å²) >= 11 is 0. The van der Waals surface area contributed by atoms with E-state index in [0.29, 0.717) is 11.5 Å². The Balaban J connectivity index is 1.42. The highest BCUT2D eigenvalue weighted by atomic mass is 16.6. The van der Waals surface area contributed by atoms with Gasteiger partial charge in [0.15, 0.2) is 0 Å². The molecule has 1 saturated heterocycles. The van der Waals surface area contributed by atoms with E-state index in [9.17, 15) is 20.2 Å². The van der Waals surface area contributed by atoms with Gasteiger partial charge in [0.05, 0.1) is 33.8 Å². The average Bonchev–Trinajstić information content (AvgIpc) is 2.78. The van der Waals surface area contributed by atoms with E-state index in [1.807, 2.05) is 0 Å². The molecule has 0 aromatic heterocycles. The molecule has 9 nitrogen and oxygen atoms in total. The SMILES string of the molecule is O=[N+]([O-])c1ccc(N/N=C2/C[C@@]34CCCC[C@]35C[C@@H]2O[C@@H]5C4)c([N+](=O)[O-])c1. The standard InChI is InChI=1S/C18H20N4O5/c23-21(24)11-3-4-12(14(7-11)22(25)26)19-20-13-8-17-5-1-2-6-18(17)9-15(13)27-16(18)10-17/h3-4,7,15-16,19H,1-2,5-6,8-10H2/b20-13-/t15-,16+,17+,18+/m0/s1. The van der Waals surface area contributed by atoms with Gasteiger partial charge in [-0.05, 0) is 43.6 Å². The van der Waals surface area contributed by atoms with E-state index in [2.05, 4.69) is 10.5 Å². The number of benzene rings is 1. The number of nitrogens with one attached hydrogen (secondary N) is 1. The lowest BCUT2D eigenvalue weighted by molar-refractivity contribution is -0.393. The van der Waals surface area contributed by atoms with Crippen LogP contribution in [0.2, 0.25) is 0 Å².